The third kappa shape index (κ3) is 4.03. The van der Waals surface area contributed by atoms with Crippen molar-refractivity contribution in [2.75, 3.05) is 13.1 Å². The van der Waals surface area contributed by atoms with Crippen LogP contribution < -0.4 is 5.32 Å². The molecule has 112 valence electrons. The summed E-state index contributed by atoms with van der Waals surface area (Å²) in [5.41, 5.74) is 0. The average molecular weight is 295 g/mol. The van der Waals surface area contributed by atoms with Crippen LogP contribution in [0.3, 0.4) is 0 Å². The minimum atomic E-state index is -0.137. The van der Waals surface area contributed by atoms with Crippen molar-refractivity contribution in [3.63, 3.8) is 0 Å². The van der Waals surface area contributed by atoms with Crippen LogP contribution in [0.2, 0.25) is 0 Å². The zero-order valence-corrected chi connectivity index (χ0v) is 13.3. The topological polar surface area (TPSA) is 45.2 Å². The molecule has 2 rings (SSSR count). The molecule has 0 bridgehead atoms. The Morgan fingerprint density at radius 1 is 1.40 bits per heavy atom. The SMILES string of the molecule is CCC(NC(C)C(=O)N1CCCCCC1)c1nccs1. The molecule has 5 heteroatoms. The highest BCUT2D eigenvalue weighted by Gasteiger charge is 2.24. The van der Waals surface area contributed by atoms with E-state index in [2.05, 4.69) is 17.2 Å². The molecule has 0 spiro atoms. The lowest BCUT2D eigenvalue weighted by molar-refractivity contribution is -0.133. The second kappa shape index (κ2) is 7.74. The number of thiazole rings is 1. The minimum absolute atomic E-state index is 0.137. The van der Waals surface area contributed by atoms with Crippen LogP contribution in [0.1, 0.15) is 57.0 Å². The van der Waals surface area contributed by atoms with Crippen molar-refractivity contribution >= 4 is 17.2 Å². The number of rotatable bonds is 5. The number of carbonyl (C=O) groups excluding carboxylic acids is 1. The summed E-state index contributed by atoms with van der Waals surface area (Å²) in [5, 5.41) is 6.50. The summed E-state index contributed by atoms with van der Waals surface area (Å²) >= 11 is 1.65. The Morgan fingerprint density at radius 2 is 2.10 bits per heavy atom. The zero-order valence-electron chi connectivity index (χ0n) is 12.5. The van der Waals surface area contributed by atoms with Crippen LogP contribution in [-0.4, -0.2) is 34.9 Å². The third-order valence-corrected chi connectivity index (χ3v) is 4.79. The Bertz CT molecular complexity index is 399. The van der Waals surface area contributed by atoms with E-state index < -0.39 is 0 Å². The quantitative estimate of drug-likeness (QED) is 0.908. The van der Waals surface area contributed by atoms with Crippen LogP contribution in [0, 0.1) is 0 Å². The Labute approximate surface area is 125 Å². The summed E-state index contributed by atoms with van der Waals surface area (Å²) in [6.45, 7) is 5.93. The fraction of sp³-hybridized carbons (Fsp3) is 0.733. The minimum Gasteiger partial charge on any atom is -0.341 e. The summed E-state index contributed by atoms with van der Waals surface area (Å²) < 4.78 is 0. The fourth-order valence-electron chi connectivity index (χ4n) is 2.71. The number of hydrogen-bond acceptors (Lipinski definition) is 4. The van der Waals surface area contributed by atoms with Gasteiger partial charge in [-0.3, -0.25) is 10.1 Å². The molecule has 2 heterocycles. The maximum Gasteiger partial charge on any atom is 0.239 e. The smallest absolute Gasteiger partial charge is 0.239 e. The van der Waals surface area contributed by atoms with Crippen LogP contribution >= 0.6 is 11.3 Å². The highest BCUT2D eigenvalue weighted by atomic mass is 32.1. The van der Waals surface area contributed by atoms with E-state index in [0.717, 1.165) is 37.4 Å². The average Bonchev–Trinajstić information content (AvgIpc) is 2.85. The predicted octanol–water partition coefficient (Wildman–Crippen LogP) is 2.97. The Hall–Kier alpha value is -0.940. The fourth-order valence-corrected chi connectivity index (χ4v) is 3.49. The van der Waals surface area contributed by atoms with Gasteiger partial charge in [-0.25, -0.2) is 4.98 Å². The number of carbonyl (C=O) groups is 1. The first-order chi connectivity index (χ1) is 9.72. The first-order valence-corrected chi connectivity index (χ1v) is 8.54. The zero-order chi connectivity index (χ0) is 14.4. The molecule has 1 aliphatic heterocycles. The highest BCUT2D eigenvalue weighted by Crippen LogP contribution is 2.20. The number of aromatic nitrogens is 1. The Morgan fingerprint density at radius 3 is 2.65 bits per heavy atom. The van der Waals surface area contributed by atoms with Gasteiger partial charge in [0.15, 0.2) is 0 Å². The van der Waals surface area contributed by atoms with E-state index in [1.54, 1.807) is 11.3 Å². The van der Waals surface area contributed by atoms with Gasteiger partial charge in [0, 0.05) is 24.7 Å². The van der Waals surface area contributed by atoms with Gasteiger partial charge in [-0.1, -0.05) is 19.8 Å². The van der Waals surface area contributed by atoms with Crippen LogP contribution in [-0.2, 0) is 4.79 Å². The number of nitrogens with zero attached hydrogens (tertiary/aromatic N) is 2. The van der Waals surface area contributed by atoms with Gasteiger partial charge in [-0.2, -0.15) is 0 Å². The molecule has 1 fully saturated rings. The lowest BCUT2D eigenvalue weighted by atomic mass is 10.2. The van der Waals surface area contributed by atoms with Crippen molar-refractivity contribution in [3.05, 3.63) is 16.6 Å². The Kier molecular flexibility index (Phi) is 5.98. The molecular formula is C15H25N3OS. The second-order valence-corrected chi connectivity index (χ2v) is 6.39. The molecule has 0 radical (unpaired) electrons. The summed E-state index contributed by atoms with van der Waals surface area (Å²) in [7, 11) is 0. The van der Waals surface area contributed by atoms with Gasteiger partial charge in [0.2, 0.25) is 5.91 Å². The second-order valence-electron chi connectivity index (χ2n) is 5.46. The molecular weight excluding hydrogens is 270 g/mol. The van der Waals surface area contributed by atoms with Crippen LogP contribution in [0.5, 0.6) is 0 Å². The maximum absolute atomic E-state index is 12.5. The molecule has 0 saturated carbocycles. The summed E-state index contributed by atoms with van der Waals surface area (Å²) in [6, 6.07) is 0.0443. The van der Waals surface area contributed by atoms with E-state index >= 15 is 0 Å². The highest BCUT2D eigenvalue weighted by molar-refractivity contribution is 7.09. The van der Waals surface area contributed by atoms with Gasteiger partial charge in [0.25, 0.3) is 0 Å². The molecule has 0 aromatic carbocycles. The first kappa shape index (κ1) is 15.4. The van der Waals surface area contributed by atoms with Gasteiger partial charge in [-0.15, -0.1) is 11.3 Å². The van der Waals surface area contributed by atoms with Crippen molar-refractivity contribution in [2.45, 2.75) is 58.0 Å². The molecule has 1 N–H and O–H groups in total. The normalized spacial score (nSPS) is 19.4. The van der Waals surface area contributed by atoms with Gasteiger partial charge < -0.3 is 4.90 Å². The lowest BCUT2D eigenvalue weighted by Gasteiger charge is -2.27. The predicted molar refractivity (Wildman–Crippen MR) is 82.8 cm³/mol. The van der Waals surface area contributed by atoms with Crippen LogP contribution in [0.25, 0.3) is 0 Å². The third-order valence-electron chi connectivity index (χ3n) is 3.90. The number of nitrogens with one attached hydrogen (secondary N) is 1. The molecule has 1 aromatic rings. The molecule has 1 amide bonds. The van der Waals surface area contributed by atoms with Crippen molar-refractivity contribution in [1.29, 1.82) is 0 Å². The van der Waals surface area contributed by atoms with Gasteiger partial charge in [-0.05, 0) is 26.2 Å². The summed E-state index contributed by atoms with van der Waals surface area (Å²) in [6.07, 6.45) is 7.56. The standard InChI is InChI=1S/C15H25N3OS/c1-3-13(14-16-8-11-20-14)17-12(2)15(19)18-9-6-4-5-7-10-18/h8,11-13,17H,3-7,9-10H2,1-2H3. The van der Waals surface area contributed by atoms with Crippen molar-refractivity contribution < 1.29 is 4.79 Å². The summed E-state index contributed by atoms with van der Waals surface area (Å²) in [4.78, 5) is 18.9. The van der Waals surface area contributed by atoms with Crippen molar-refractivity contribution in [2.24, 2.45) is 0 Å². The Balaban J connectivity index is 1.92. The molecule has 20 heavy (non-hydrogen) atoms. The van der Waals surface area contributed by atoms with Crippen LogP contribution in [0.4, 0.5) is 0 Å². The molecule has 2 unspecified atom stereocenters. The maximum atomic E-state index is 12.5. The molecule has 0 aliphatic carbocycles. The first-order valence-electron chi connectivity index (χ1n) is 7.66. The lowest BCUT2D eigenvalue weighted by Crippen LogP contribution is -2.46. The van der Waals surface area contributed by atoms with Crippen molar-refractivity contribution in [1.82, 2.24) is 15.2 Å². The van der Waals surface area contributed by atoms with Crippen LogP contribution in [0.15, 0.2) is 11.6 Å². The molecule has 4 nitrogen and oxygen atoms in total. The summed E-state index contributed by atoms with van der Waals surface area (Å²) in [5.74, 6) is 0.238. The van der Waals surface area contributed by atoms with E-state index in [4.69, 9.17) is 0 Å². The van der Waals surface area contributed by atoms with Gasteiger partial charge >= 0.3 is 0 Å². The van der Waals surface area contributed by atoms with E-state index in [-0.39, 0.29) is 18.0 Å². The molecule has 2 atom stereocenters. The van der Waals surface area contributed by atoms with E-state index in [1.807, 2.05) is 23.4 Å². The van der Waals surface area contributed by atoms with Crippen molar-refractivity contribution in [3.8, 4) is 0 Å². The van der Waals surface area contributed by atoms with E-state index in [0.29, 0.717) is 0 Å². The van der Waals surface area contributed by atoms with E-state index in [1.165, 1.54) is 12.8 Å². The number of amides is 1. The molecule has 1 saturated heterocycles. The molecule has 1 aliphatic rings. The van der Waals surface area contributed by atoms with E-state index in [9.17, 15) is 4.79 Å². The number of likely N-dealkylation sites (tertiary alicyclic amines) is 1. The van der Waals surface area contributed by atoms with Gasteiger partial charge in [0.1, 0.15) is 5.01 Å². The number of hydrogen-bond donors (Lipinski definition) is 1. The molecule has 1 aromatic heterocycles. The monoisotopic (exact) mass is 295 g/mol. The van der Waals surface area contributed by atoms with Gasteiger partial charge in [0.05, 0.1) is 12.1 Å². The largest absolute Gasteiger partial charge is 0.341 e.